The lowest BCUT2D eigenvalue weighted by Crippen LogP contribution is -2.52. The molecule has 2 aromatic heterocycles. The van der Waals surface area contributed by atoms with Crippen LogP contribution < -0.4 is 0 Å². The van der Waals surface area contributed by atoms with E-state index < -0.39 is 82.3 Å². The molecule has 45 heavy (non-hydrogen) atoms. The maximum absolute atomic E-state index is 14.3. The molecule has 2 saturated heterocycles. The van der Waals surface area contributed by atoms with Crippen LogP contribution in [0.2, 0.25) is 10.0 Å². The van der Waals surface area contributed by atoms with Crippen LogP contribution in [0.4, 0.5) is 22.0 Å². The Hall–Kier alpha value is -3.67. The molecule has 2 aromatic carbocycles. The summed E-state index contributed by atoms with van der Waals surface area (Å²) in [7, 11) is 0. The second kappa shape index (κ2) is 11.3. The Kier molecular flexibility index (Phi) is 7.86. The van der Waals surface area contributed by atoms with Gasteiger partial charge in [-0.25, -0.2) is 23.2 Å². The van der Waals surface area contributed by atoms with E-state index in [4.69, 9.17) is 32.7 Å². The summed E-state index contributed by atoms with van der Waals surface area (Å²) < 4.78 is 84.1. The van der Waals surface area contributed by atoms with Crippen LogP contribution in [-0.2, 0) is 15.7 Å². The second-order valence-electron chi connectivity index (χ2n) is 10.4. The predicted molar refractivity (Wildman–Crippen MR) is 144 cm³/mol. The number of benzene rings is 2. The number of nitrogens with zero attached hydrogens (tertiary/aromatic N) is 5. The van der Waals surface area contributed by atoms with E-state index >= 15 is 0 Å². The van der Waals surface area contributed by atoms with E-state index in [2.05, 4.69) is 15.2 Å². The van der Waals surface area contributed by atoms with Crippen molar-refractivity contribution in [2.24, 2.45) is 0 Å². The molecule has 0 spiro atoms. The summed E-state index contributed by atoms with van der Waals surface area (Å²) in [5.41, 5.74) is -2.79. The molecular weight excluding hydrogens is 656 g/mol. The first kappa shape index (κ1) is 31.3. The topological polar surface area (TPSA) is 145 Å². The van der Waals surface area contributed by atoms with Gasteiger partial charge in [0, 0.05) is 16.8 Å². The molecule has 0 amide bonds. The van der Waals surface area contributed by atoms with Gasteiger partial charge in [0.25, 0.3) is 0 Å². The Morgan fingerprint density at radius 1 is 1.07 bits per heavy atom. The largest absolute Gasteiger partial charge is 0.476 e. The number of aliphatic hydroxyl groups is 2. The molecule has 2 fully saturated rings. The van der Waals surface area contributed by atoms with Crippen molar-refractivity contribution in [2.75, 3.05) is 6.61 Å². The summed E-state index contributed by atoms with van der Waals surface area (Å²) in [5, 5.41) is 39.5. The van der Waals surface area contributed by atoms with Gasteiger partial charge in [0.1, 0.15) is 59.0 Å². The zero-order valence-corrected chi connectivity index (χ0v) is 24.1. The number of aromatic nitrogens is 5. The van der Waals surface area contributed by atoms with Crippen molar-refractivity contribution >= 4 is 29.2 Å². The molecule has 2 aliphatic rings. The summed E-state index contributed by atoms with van der Waals surface area (Å²) in [4.78, 5) is 16.4. The molecule has 0 radical (unpaired) electrons. The number of halogens is 7. The van der Waals surface area contributed by atoms with Crippen LogP contribution in [-0.4, -0.2) is 76.9 Å². The molecule has 0 bridgehead atoms. The normalized spacial score (nSPS) is 25.0. The number of carboxylic acid groups (broad SMARTS) is 1. The second-order valence-corrected chi connectivity index (χ2v) is 11.2. The lowest BCUT2D eigenvalue weighted by molar-refractivity contribution is -0.196. The van der Waals surface area contributed by atoms with Gasteiger partial charge in [-0.15, -0.1) is 0 Å². The van der Waals surface area contributed by atoms with Gasteiger partial charge in [-0.3, -0.25) is 4.68 Å². The first-order chi connectivity index (χ1) is 21.1. The summed E-state index contributed by atoms with van der Waals surface area (Å²) in [6, 6.07) is 3.06. The van der Waals surface area contributed by atoms with E-state index in [-0.39, 0.29) is 34.4 Å². The summed E-state index contributed by atoms with van der Waals surface area (Å²) in [5.74, 6) is -4.23. The summed E-state index contributed by atoms with van der Waals surface area (Å²) >= 11 is 11.6. The van der Waals surface area contributed by atoms with Crippen LogP contribution >= 0.6 is 23.2 Å². The summed E-state index contributed by atoms with van der Waals surface area (Å²) in [6.07, 6.45) is -10.7. The van der Waals surface area contributed by atoms with Crippen LogP contribution in [0.3, 0.4) is 0 Å². The first-order valence-electron chi connectivity index (χ1n) is 13.1. The van der Waals surface area contributed by atoms with E-state index in [0.29, 0.717) is 0 Å². The maximum Gasteiger partial charge on any atom is 0.418 e. The number of carbonyl (C=O) groups is 1. The smallest absolute Gasteiger partial charge is 0.418 e. The molecular formula is C27H20Cl2F5N5O6. The molecule has 3 N–H and O–H groups in total. The molecule has 238 valence electrons. The Bertz CT molecular complexity index is 1790. The maximum atomic E-state index is 14.3. The average molecular weight is 676 g/mol. The van der Waals surface area contributed by atoms with Gasteiger partial charge in [-0.05, 0) is 42.8 Å². The predicted octanol–water partition coefficient (Wildman–Crippen LogP) is 4.54. The molecule has 0 saturated carbocycles. The average Bonchev–Trinajstić information content (AvgIpc) is 3.67. The van der Waals surface area contributed by atoms with Crippen molar-refractivity contribution in [3.05, 3.63) is 81.1 Å². The highest BCUT2D eigenvalue weighted by atomic mass is 35.5. The molecule has 2 aliphatic heterocycles. The zero-order valence-electron chi connectivity index (χ0n) is 22.6. The fourth-order valence-corrected chi connectivity index (χ4v) is 5.84. The van der Waals surface area contributed by atoms with Gasteiger partial charge >= 0.3 is 12.1 Å². The first-order valence-corrected chi connectivity index (χ1v) is 13.8. The Balaban J connectivity index is 1.49. The van der Waals surface area contributed by atoms with Gasteiger partial charge in [0.05, 0.1) is 17.9 Å². The van der Waals surface area contributed by atoms with Gasteiger partial charge in [-0.2, -0.15) is 23.4 Å². The van der Waals surface area contributed by atoms with Gasteiger partial charge in [0.15, 0.2) is 11.5 Å². The fourth-order valence-electron chi connectivity index (χ4n) is 5.56. The minimum absolute atomic E-state index is 0.00266. The molecule has 6 atom stereocenters. The molecule has 6 rings (SSSR count). The van der Waals surface area contributed by atoms with Crippen molar-refractivity contribution in [3.8, 4) is 16.8 Å². The molecule has 4 heterocycles. The number of fused-ring (bicyclic) bond motifs is 1. The number of alkyl halides is 3. The number of aryl methyl sites for hydroxylation is 1. The van der Waals surface area contributed by atoms with E-state index in [9.17, 15) is 42.1 Å². The van der Waals surface area contributed by atoms with Crippen molar-refractivity contribution in [1.29, 1.82) is 0 Å². The summed E-state index contributed by atoms with van der Waals surface area (Å²) in [6.45, 7) is 1.11. The van der Waals surface area contributed by atoms with E-state index in [1.807, 2.05) is 0 Å². The Morgan fingerprint density at radius 3 is 2.40 bits per heavy atom. The van der Waals surface area contributed by atoms with Crippen LogP contribution in [0, 0.1) is 18.6 Å². The number of rotatable bonds is 5. The molecule has 4 aromatic rings. The number of carboxylic acids is 1. The monoisotopic (exact) mass is 675 g/mol. The SMILES string of the molecule is Cc1nc([C@@H]2OC3C(O)CO[C@@H]3C(n3cc(-c4cc(F)c(Cl)c(F)c4)c(C(=O)O)n3)C2O)n(-c2cc(Cl)ccc2C(F)(F)F)n1. The minimum atomic E-state index is -4.84. The number of ether oxygens (including phenoxy) is 2. The molecule has 11 nitrogen and oxygen atoms in total. The van der Waals surface area contributed by atoms with Crippen LogP contribution in [0.25, 0.3) is 16.8 Å². The van der Waals surface area contributed by atoms with Crippen molar-refractivity contribution < 1.29 is 51.5 Å². The third-order valence-corrected chi connectivity index (χ3v) is 8.08. The van der Waals surface area contributed by atoms with Crippen LogP contribution in [0.1, 0.15) is 39.8 Å². The van der Waals surface area contributed by atoms with Crippen molar-refractivity contribution in [1.82, 2.24) is 24.5 Å². The third-order valence-electron chi connectivity index (χ3n) is 7.48. The van der Waals surface area contributed by atoms with Gasteiger partial charge < -0.3 is 24.8 Å². The zero-order chi connectivity index (χ0) is 32.5. The van der Waals surface area contributed by atoms with Gasteiger partial charge in [-0.1, -0.05) is 23.2 Å². The molecule has 0 aliphatic carbocycles. The van der Waals surface area contributed by atoms with E-state index in [1.165, 1.54) is 6.92 Å². The Morgan fingerprint density at radius 2 is 1.76 bits per heavy atom. The lowest BCUT2D eigenvalue weighted by atomic mass is 9.91. The molecule has 18 heteroatoms. The standard InChI is InChI=1S/C27H20Cl2F5N5O6/c1-9-35-25(39(36-9)16-6-11(28)2-3-13(16)27(32,33)34)24-21(41)20(23-22(45-24)17(40)8-44-23)38-7-12(19(37-38)26(42)43)10-4-14(30)18(29)15(31)5-10/h2-7,17,20-24,40-41H,8H2,1H3,(H,42,43)/t17?,20?,21?,22?,23-,24-/m1/s1. The fraction of sp³-hybridized carbons (Fsp3) is 0.333. The molecule has 4 unspecified atom stereocenters. The van der Waals surface area contributed by atoms with Crippen LogP contribution in [0.5, 0.6) is 0 Å². The number of aromatic carboxylic acids is 1. The lowest BCUT2D eigenvalue weighted by Gasteiger charge is -2.41. The van der Waals surface area contributed by atoms with E-state index in [1.54, 1.807) is 0 Å². The highest BCUT2D eigenvalue weighted by Crippen LogP contribution is 2.44. The van der Waals surface area contributed by atoms with Crippen molar-refractivity contribution in [2.45, 2.75) is 49.7 Å². The Labute approximate surface area is 259 Å². The van der Waals surface area contributed by atoms with Crippen molar-refractivity contribution in [3.63, 3.8) is 0 Å². The number of hydrogen-bond donors (Lipinski definition) is 3. The number of hydrogen-bond acceptors (Lipinski definition) is 8. The highest BCUT2D eigenvalue weighted by Gasteiger charge is 2.55. The third kappa shape index (κ3) is 5.44. The van der Waals surface area contributed by atoms with Crippen LogP contribution in [0.15, 0.2) is 36.5 Å². The van der Waals surface area contributed by atoms with Gasteiger partial charge in [0.2, 0.25) is 0 Å². The van der Waals surface area contributed by atoms with E-state index in [0.717, 1.165) is 45.9 Å². The number of aliphatic hydroxyl groups excluding tert-OH is 2. The highest BCUT2D eigenvalue weighted by molar-refractivity contribution is 6.31. The minimum Gasteiger partial charge on any atom is -0.476 e. The quantitative estimate of drug-likeness (QED) is 0.205.